The molecule has 0 fully saturated rings. The van der Waals surface area contributed by atoms with E-state index in [1.54, 1.807) is 0 Å². The Morgan fingerprint density at radius 3 is 1.24 bits per heavy atom. The molecule has 3 unspecified atom stereocenters. The van der Waals surface area contributed by atoms with Gasteiger partial charge in [0.1, 0.15) is 19.3 Å². The van der Waals surface area contributed by atoms with Gasteiger partial charge >= 0.3 is 5.97 Å². The van der Waals surface area contributed by atoms with Crippen molar-refractivity contribution in [3.8, 4) is 0 Å². The van der Waals surface area contributed by atoms with Crippen LogP contribution in [0, 0.1) is 0 Å². The van der Waals surface area contributed by atoms with Crippen LogP contribution in [0.3, 0.4) is 0 Å². The fraction of sp³-hybridized carbons (Fsp3) is 0.846. The number of hydrogen-bond donors (Lipinski definition) is 1. The zero-order valence-corrected chi connectivity index (χ0v) is 51.2. The summed E-state index contributed by atoms with van der Waals surface area (Å²) < 4.78 is 30.3. The smallest absolute Gasteiger partial charge is 0.306 e. The molecule has 3 atom stereocenters. The summed E-state index contributed by atoms with van der Waals surface area (Å²) in [7, 11) is 1.18. The largest absolute Gasteiger partial charge is 0.756 e. The van der Waals surface area contributed by atoms with Crippen LogP contribution in [0.5, 0.6) is 0 Å². The van der Waals surface area contributed by atoms with Crippen LogP contribution in [-0.2, 0) is 27.9 Å². The molecule has 0 bridgehead atoms. The van der Waals surface area contributed by atoms with Gasteiger partial charge in [-0.3, -0.25) is 14.2 Å². The third-order valence-corrected chi connectivity index (χ3v) is 15.2. The van der Waals surface area contributed by atoms with Crippen LogP contribution in [0.1, 0.15) is 303 Å². The molecule has 1 amide bonds. The van der Waals surface area contributed by atoms with Crippen molar-refractivity contribution in [1.82, 2.24) is 5.32 Å². The van der Waals surface area contributed by atoms with Gasteiger partial charge in [-0.2, -0.15) is 0 Å². The van der Waals surface area contributed by atoms with Crippen molar-refractivity contribution >= 4 is 19.7 Å². The van der Waals surface area contributed by atoms with E-state index < -0.39 is 26.6 Å². The molecule has 0 rings (SSSR count). The van der Waals surface area contributed by atoms with Crippen molar-refractivity contribution in [2.24, 2.45) is 0 Å². The van der Waals surface area contributed by atoms with Crippen molar-refractivity contribution in [1.29, 1.82) is 0 Å². The highest BCUT2D eigenvalue weighted by atomic mass is 31.2. The van der Waals surface area contributed by atoms with Gasteiger partial charge in [0.15, 0.2) is 0 Å². The molecule has 0 spiro atoms. The zero-order chi connectivity index (χ0) is 55.0. The molecule has 0 saturated carbocycles. The summed E-state index contributed by atoms with van der Waals surface area (Å²) in [5.74, 6) is -0.542. The molecule has 75 heavy (non-hydrogen) atoms. The maximum absolute atomic E-state index is 13.5. The Morgan fingerprint density at radius 2 is 0.813 bits per heavy atom. The Kier molecular flexibility index (Phi) is 53.8. The van der Waals surface area contributed by atoms with Gasteiger partial charge in [0, 0.05) is 12.8 Å². The molecular weight excluding hydrogens is 952 g/mol. The summed E-state index contributed by atoms with van der Waals surface area (Å²) in [6.45, 7) is 6.83. The highest BCUT2D eigenvalue weighted by Gasteiger charge is 2.27. The molecule has 0 aliphatic rings. The van der Waals surface area contributed by atoms with Gasteiger partial charge in [-0.05, 0) is 89.5 Å². The van der Waals surface area contributed by atoms with E-state index in [4.69, 9.17) is 13.8 Å². The summed E-state index contributed by atoms with van der Waals surface area (Å²) in [5, 5.41) is 3.03. The van der Waals surface area contributed by atoms with Crippen LogP contribution in [-0.4, -0.2) is 69.4 Å². The fourth-order valence-corrected chi connectivity index (χ4v) is 9.98. The summed E-state index contributed by atoms with van der Waals surface area (Å²) >= 11 is 0. The van der Waals surface area contributed by atoms with E-state index in [-0.39, 0.29) is 24.9 Å². The predicted molar refractivity (Wildman–Crippen MR) is 321 cm³/mol. The Labute approximate surface area is 465 Å². The van der Waals surface area contributed by atoms with Gasteiger partial charge in [-0.1, -0.05) is 250 Å². The van der Waals surface area contributed by atoms with Gasteiger partial charge in [-0.15, -0.1) is 0 Å². The second kappa shape index (κ2) is 55.3. The summed E-state index contributed by atoms with van der Waals surface area (Å²) in [4.78, 5) is 40.0. The number of phosphoric acid groups is 1. The number of carbonyl (C=O) groups excluding carboxylic acids is 2. The van der Waals surface area contributed by atoms with Crippen molar-refractivity contribution in [3.63, 3.8) is 0 Å². The summed E-state index contributed by atoms with van der Waals surface area (Å²) in [6, 6.07) is -0.891. The molecule has 0 aliphatic heterocycles. The number of esters is 1. The second-order valence-electron chi connectivity index (χ2n) is 22.9. The van der Waals surface area contributed by atoms with E-state index in [1.807, 2.05) is 33.3 Å². The number of nitrogens with one attached hydrogen (secondary N) is 1. The minimum atomic E-state index is -4.70. The Bertz CT molecular complexity index is 1420. The Morgan fingerprint density at radius 1 is 0.467 bits per heavy atom. The lowest BCUT2D eigenvalue weighted by molar-refractivity contribution is -0.870. The highest BCUT2D eigenvalue weighted by Crippen LogP contribution is 2.38. The lowest BCUT2D eigenvalue weighted by atomic mass is 10.0. The monoisotopic (exact) mass is 1070 g/mol. The summed E-state index contributed by atoms with van der Waals surface area (Å²) in [5.41, 5.74) is 0. The Hall–Kier alpha value is -2.03. The number of phosphoric ester groups is 1. The number of carbonyl (C=O) groups is 2. The molecule has 10 heteroatoms. The van der Waals surface area contributed by atoms with Crippen LogP contribution < -0.4 is 10.2 Å². The molecular formula is C65H123N2O7P. The molecule has 0 radical (unpaired) electrons. The quantitative estimate of drug-likeness (QED) is 0.0212. The number of unbranched alkanes of at least 4 members (excludes halogenated alkanes) is 36. The van der Waals surface area contributed by atoms with Gasteiger partial charge in [0.2, 0.25) is 5.91 Å². The maximum Gasteiger partial charge on any atom is 0.306 e. The maximum atomic E-state index is 13.5. The number of likely N-dealkylation sites (N-methyl/N-ethyl adjacent to an activating group) is 1. The van der Waals surface area contributed by atoms with E-state index in [9.17, 15) is 19.0 Å². The van der Waals surface area contributed by atoms with Gasteiger partial charge in [-0.25, -0.2) is 0 Å². The first-order chi connectivity index (χ1) is 36.4. The number of quaternary nitrogens is 1. The van der Waals surface area contributed by atoms with Crippen molar-refractivity contribution in [3.05, 3.63) is 48.6 Å². The normalized spacial score (nSPS) is 14.0. The first kappa shape index (κ1) is 73.0. The molecule has 0 aromatic heterocycles. The average Bonchev–Trinajstić information content (AvgIpc) is 3.37. The van der Waals surface area contributed by atoms with E-state index >= 15 is 0 Å². The second-order valence-corrected chi connectivity index (χ2v) is 24.3. The van der Waals surface area contributed by atoms with Gasteiger partial charge in [0.05, 0.1) is 33.8 Å². The molecule has 0 saturated heterocycles. The average molecular weight is 1080 g/mol. The van der Waals surface area contributed by atoms with Crippen LogP contribution in [0.15, 0.2) is 48.6 Å². The van der Waals surface area contributed by atoms with Crippen molar-refractivity contribution in [2.45, 2.75) is 315 Å². The number of ether oxygens (including phenoxy) is 1. The minimum Gasteiger partial charge on any atom is -0.756 e. The number of hydrogen-bond acceptors (Lipinski definition) is 7. The molecule has 0 aromatic carbocycles. The SMILES string of the molecule is CCCCC/C=C\C/C=C\CCCCCCCCCC(=O)NC(COP(=O)([O-])OCC[N+](C)(C)C)C(/C=C/CCCCCCCCCCC)OC(=O)CCCCCCCCCCCCC/C=C/CCCCCCCC. The lowest BCUT2D eigenvalue weighted by Crippen LogP contribution is -2.47. The zero-order valence-electron chi connectivity index (χ0n) is 50.3. The topological polar surface area (TPSA) is 114 Å². The summed E-state index contributed by atoms with van der Waals surface area (Å²) in [6.07, 6.45) is 67.9. The van der Waals surface area contributed by atoms with Gasteiger partial charge in [0.25, 0.3) is 7.82 Å². The molecule has 440 valence electrons. The van der Waals surface area contributed by atoms with E-state index in [1.165, 1.54) is 193 Å². The van der Waals surface area contributed by atoms with Crippen LogP contribution in [0.4, 0.5) is 0 Å². The molecule has 1 N–H and O–H groups in total. The van der Waals surface area contributed by atoms with Gasteiger partial charge < -0.3 is 28.5 Å². The number of allylic oxidation sites excluding steroid dienone is 7. The molecule has 0 aromatic rings. The van der Waals surface area contributed by atoms with Crippen LogP contribution >= 0.6 is 7.82 Å². The standard InChI is InChI=1S/C65H123N2O7P/c1-7-10-13-16-19-22-25-27-29-31-32-33-34-36-38-40-43-46-49-52-55-58-65(69)74-63(56-53-50-47-44-41-24-21-18-15-12-9-3)62(61-73-75(70,71)72-60-59-67(4,5)6)66-64(68)57-54-51-48-45-42-39-37-35-30-28-26-23-20-17-14-11-8-2/h20,23,27-30,53,56,62-63H,7-19,21-22,24-26,31-52,54-55,57-61H2,1-6H3,(H-,66,68,70,71)/b23-20-,29-27+,30-28-,56-53+. The fourth-order valence-electron chi connectivity index (χ4n) is 9.25. The highest BCUT2D eigenvalue weighted by molar-refractivity contribution is 7.45. The lowest BCUT2D eigenvalue weighted by Gasteiger charge is -2.30. The Balaban J connectivity index is 5.17. The number of nitrogens with zero attached hydrogens (tertiary/aromatic N) is 1. The first-order valence-corrected chi connectivity index (χ1v) is 33.4. The third kappa shape index (κ3) is 56.5. The predicted octanol–water partition coefficient (Wildman–Crippen LogP) is 19.0. The van der Waals surface area contributed by atoms with E-state index in [0.717, 1.165) is 77.0 Å². The van der Waals surface area contributed by atoms with Crippen LogP contribution in [0.2, 0.25) is 0 Å². The first-order valence-electron chi connectivity index (χ1n) is 31.9. The van der Waals surface area contributed by atoms with Crippen molar-refractivity contribution < 1.29 is 37.3 Å². The van der Waals surface area contributed by atoms with E-state index in [2.05, 4.69) is 62.5 Å². The van der Waals surface area contributed by atoms with Crippen molar-refractivity contribution in [2.75, 3.05) is 40.9 Å². The molecule has 0 aliphatic carbocycles. The molecule has 9 nitrogen and oxygen atoms in total. The number of amides is 1. The molecule has 0 heterocycles. The third-order valence-electron chi connectivity index (χ3n) is 14.2. The van der Waals surface area contributed by atoms with Crippen LogP contribution in [0.25, 0.3) is 0 Å². The number of rotatable bonds is 58. The minimum absolute atomic E-state index is 0.0236. The van der Waals surface area contributed by atoms with E-state index in [0.29, 0.717) is 17.4 Å².